The first-order valence-corrected chi connectivity index (χ1v) is 11.4. The zero-order valence-electron chi connectivity index (χ0n) is 17.8. The van der Waals surface area contributed by atoms with Crippen LogP contribution in [0.3, 0.4) is 0 Å². The molecule has 0 saturated heterocycles. The van der Waals surface area contributed by atoms with Gasteiger partial charge in [-0.25, -0.2) is 0 Å². The van der Waals surface area contributed by atoms with Gasteiger partial charge in [0.2, 0.25) is 0 Å². The van der Waals surface area contributed by atoms with E-state index in [2.05, 4.69) is 109 Å². The Balaban J connectivity index is 1.74. The predicted molar refractivity (Wildman–Crippen MR) is 139 cm³/mol. The third kappa shape index (κ3) is 2.44. The minimum atomic E-state index is 1.11. The van der Waals surface area contributed by atoms with E-state index in [0.717, 1.165) is 12.8 Å². The molecule has 7 rings (SSSR count). The van der Waals surface area contributed by atoms with Crippen LogP contribution >= 0.6 is 0 Å². The van der Waals surface area contributed by atoms with E-state index >= 15 is 0 Å². The Morgan fingerprint density at radius 1 is 0.500 bits per heavy atom. The summed E-state index contributed by atoms with van der Waals surface area (Å²) in [6, 6.07) is 35.8. The third-order valence-electron chi connectivity index (χ3n) is 7.11. The fourth-order valence-corrected chi connectivity index (χ4v) is 5.72. The molecule has 150 valence electrons. The lowest BCUT2D eigenvalue weighted by molar-refractivity contribution is 1.00. The van der Waals surface area contributed by atoms with Crippen LogP contribution in [0.15, 0.2) is 103 Å². The lowest BCUT2D eigenvalue weighted by atomic mass is 9.82. The number of benzene rings is 6. The Bertz CT molecular complexity index is 1710. The summed E-state index contributed by atoms with van der Waals surface area (Å²) in [7, 11) is 0. The maximum atomic E-state index is 2.45. The van der Waals surface area contributed by atoms with E-state index in [4.69, 9.17) is 0 Å². The van der Waals surface area contributed by atoms with Crippen molar-refractivity contribution in [2.45, 2.75) is 12.8 Å². The van der Waals surface area contributed by atoms with Crippen molar-refractivity contribution in [1.29, 1.82) is 0 Å². The lowest BCUT2D eigenvalue weighted by Gasteiger charge is -2.21. The molecule has 6 aromatic rings. The van der Waals surface area contributed by atoms with Gasteiger partial charge in [0.25, 0.3) is 0 Å². The summed E-state index contributed by atoms with van der Waals surface area (Å²) in [5.41, 5.74) is 5.53. The van der Waals surface area contributed by atoms with E-state index in [1.165, 1.54) is 65.3 Å². The van der Waals surface area contributed by atoms with Gasteiger partial charge in [-0.05, 0) is 84.3 Å². The van der Waals surface area contributed by atoms with Crippen LogP contribution in [0.25, 0.3) is 60.3 Å². The van der Waals surface area contributed by atoms with Crippen molar-refractivity contribution in [2.75, 3.05) is 0 Å². The van der Waals surface area contributed by atoms with Crippen LogP contribution in [0.5, 0.6) is 0 Å². The molecule has 0 heterocycles. The first-order chi connectivity index (χ1) is 15.9. The zero-order chi connectivity index (χ0) is 21.1. The summed E-state index contributed by atoms with van der Waals surface area (Å²) < 4.78 is 0. The molecule has 0 aromatic heterocycles. The highest BCUT2D eigenvalue weighted by Gasteiger charge is 2.19. The average Bonchev–Trinajstić information content (AvgIpc) is 2.88. The summed E-state index contributed by atoms with van der Waals surface area (Å²) >= 11 is 0. The van der Waals surface area contributed by atoms with Crippen molar-refractivity contribution < 1.29 is 0 Å². The van der Waals surface area contributed by atoms with Gasteiger partial charge < -0.3 is 0 Å². The quantitative estimate of drug-likeness (QED) is 0.239. The highest BCUT2D eigenvalue weighted by molar-refractivity contribution is 6.25. The molecule has 0 heteroatoms. The van der Waals surface area contributed by atoms with E-state index in [0.29, 0.717) is 0 Å². The Morgan fingerprint density at radius 2 is 1.19 bits per heavy atom. The summed E-state index contributed by atoms with van der Waals surface area (Å²) in [6.45, 7) is 0. The highest BCUT2D eigenvalue weighted by Crippen LogP contribution is 2.44. The van der Waals surface area contributed by atoms with Gasteiger partial charge in [-0.1, -0.05) is 103 Å². The minimum absolute atomic E-state index is 1.11. The second kappa shape index (κ2) is 6.80. The maximum absolute atomic E-state index is 2.45. The van der Waals surface area contributed by atoms with Crippen LogP contribution in [-0.4, -0.2) is 0 Å². The monoisotopic (exact) mass is 406 g/mol. The maximum Gasteiger partial charge on any atom is -0.00233 e. The van der Waals surface area contributed by atoms with Gasteiger partial charge in [-0.2, -0.15) is 0 Å². The smallest absolute Gasteiger partial charge is 0.00233 e. The van der Waals surface area contributed by atoms with Crippen molar-refractivity contribution in [3.63, 3.8) is 0 Å². The topological polar surface area (TPSA) is 0 Å². The summed E-state index contributed by atoms with van der Waals surface area (Å²) in [6.07, 6.45) is 6.93. The average molecular weight is 407 g/mol. The Labute approximate surface area is 187 Å². The molecule has 0 fully saturated rings. The molecule has 0 bridgehead atoms. The van der Waals surface area contributed by atoms with Crippen LogP contribution in [0.2, 0.25) is 0 Å². The Morgan fingerprint density at radius 3 is 2.06 bits per heavy atom. The number of hydrogen-bond acceptors (Lipinski definition) is 0. The van der Waals surface area contributed by atoms with Crippen molar-refractivity contribution in [3.05, 3.63) is 114 Å². The van der Waals surface area contributed by atoms with Gasteiger partial charge >= 0.3 is 0 Å². The van der Waals surface area contributed by atoms with Gasteiger partial charge in [0.05, 0.1) is 0 Å². The molecule has 0 saturated carbocycles. The lowest BCUT2D eigenvalue weighted by Crippen LogP contribution is -1.99. The van der Waals surface area contributed by atoms with Crippen LogP contribution < -0.4 is 0 Å². The third-order valence-corrected chi connectivity index (χ3v) is 7.11. The summed E-state index contributed by atoms with van der Waals surface area (Å²) in [4.78, 5) is 0. The van der Waals surface area contributed by atoms with Gasteiger partial charge in [-0.3, -0.25) is 0 Å². The standard InChI is InChI=1S/C32H22/c1-2-12-22-21(10-1)11-9-19-23(22)30-20-31-26-15-4-3-13-24(26)25-14-5-7-17-28(25)32(31)29-18-8-6-16-27(29)30/h1-4,6-13,15-20H,5,14H2. The van der Waals surface area contributed by atoms with Gasteiger partial charge in [0.1, 0.15) is 0 Å². The minimum Gasteiger partial charge on any atom is -0.0836 e. The summed E-state index contributed by atoms with van der Waals surface area (Å²) in [5.74, 6) is 0. The van der Waals surface area contributed by atoms with Crippen LogP contribution in [0, 0.1) is 0 Å². The molecule has 0 spiro atoms. The molecule has 0 aliphatic heterocycles. The van der Waals surface area contributed by atoms with Gasteiger partial charge in [0.15, 0.2) is 0 Å². The molecule has 0 nitrogen and oxygen atoms in total. The van der Waals surface area contributed by atoms with Gasteiger partial charge in [0, 0.05) is 0 Å². The molecular formula is C32H22. The Hall–Kier alpha value is -3.90. The molecule has 1 aliphatic rings. The normalized spacial score (nSPS) is 13.2. The van der Waals surface area contributed by atoms with E-state index < -0.39 is 0 Å². The number of aryl methyl sites for hydroxylation is 1. The second-order valence-corrected chi connectivity index (χ2v) is 8.80. The molecule has 0 radical (unpaired) electrons. The molecule has 1 aliphatic carbocycles. The van der Waals surface area contributed by atoms with Crippen LogP contribution in [-0.2, 0) is 6.42 Å². The number of fused-ring (bicyclic) bond motifs is 9. The number of hydrogen-bond donors (Lipinski definition) is 0. The first-order valence-electron chi connectivity index (χ1n) is 11.4. The van der Waals surface area contributed by atoms with Crippen LogP contribution in [0.4, 0.5) is 0 Å². The molecule has 0 atom stereocenters. The van der Waals surface area contributed by atoms with Crippen molar-refractivity contribution in [3.8, 4) is 11.1 Å². The van der Waals surface area contributed by atoms with Crippen LogP contribution in [0.1, 0.15) is 17.5 Å². The van der Waals surface area contributed by atoms with Gasteiger partial charge in [-0.15, -0.1) is 0 Å². The number of allylic oxidation sites excluding steroid dienone is 1. The van der Waals surface area contributed by atoms with E-state index in [9.17, 15) is 0 Å². The largest absolute Gasteiger partial charge is 0.0836 e. The highest BCUT2D eigenvalue weighted by atomic mass is 14.2. The molecule has 0 unspecified atom stereocenters. The second-order valence-electron chi connectivity index (χ2n) is 8.80. The SMILES string of the molecule is C1=Cc2c(c3ccccc3c3cc(-c4cccc5ccccc45)c4ccccc4c23)CC1. The van der Waals surface area contributed by atoms with E-state index in [1.807, 2.05) is 0 Å². The van der Waals surface area contributed by atoms with Crippen molar-refractivity contribution >= 4 is 49.2 Å². The van der Waals surface area contributed by atoms with Crippen molar-refractivity contribution in [2.24, 2.45) is 0 Å². The molecule has 0 N–H and O–H groups in total. The molecular weight excluding hydrogens is 384 g/mol. The fraction of sp³-hybridized carbons (Fsp3) is 0.0625. The van der Waals surface area contributed by atoms with Crippen molar-refractivity contribution in [1.82, 2.24) is 0 Å². The summed E-state index contributed by atoms with van der Waals surface area (Å²) in [5, 5.41) is 10.8. The number of rotatable bonds is 1. The zero-order valence-corrected chi connectivity index (χ0v) is 17.8. The molecule has 0 amide bonds. The van der Waals surface area contributed by atoms with E-state index in [-0.39, 0.29) is 0 Å². The first kappa shape index (κ1) is 17.7. The van der Waals surface area contributed by atoms with E-state index in [1.54, 1.807) is 0 Å². The Kier molecular flexibility index (Phi) is 3.77. The predicted octanol–water partition coefficient (Wildman–Crippen LogP) is 8.93. The molecule has 32 heavy (non-hydrogen) atoms. The fourth-order valence-electron chi connectivity index (χ4n) is 5.72. The molecule has 6 aromatic carbocycles.